The van der Waals surface area contributed by atoms with Crippen molar-refractivity contribution in [3.63, 3.8) is 0 Å². The van der Waals surface area contributed by atoms with Gasteiger partial charge < -0.3 is 0 Å². The standard InChI is InChI=1S/C22H22N4O2S/c27-21(25-23-15-7-13-19-9-3-1-4-10-19)17-29-18-22(28)26-24-16-8-14-20-11-5-2-6-12-20/h1-16H,17-18H2,(H,25,27)(H,26,28). The fourth-order valence-corrected chi connectivity index (χ4v) is 2.64. The molecule has 0 bridgehead atoms. The molecule has 2 aromatic rings. The summed E-state index contributed by atoms with van der Waals surface area (Å²) in [6.45, 7) is 0. The fraction of sp³-hybridized carbons (Fsp3) is 0.0909. The molecule has 0 saturated heterocycles. The van der Waals surface area contributed by atoms with Gasteiger partial charge in [0, 0.05) is 12.4 Å². The van der Waals surface area contributed by atoms with Crippen molar-refractivity contribution < 1.29 is 9.59 Å². The van der Waals surface area contributed by atoms with Crippen molar-refractivity contribution in [3.05, 3.63) is 83.9 Å². The van der Waals surface area contributed by atoms with Crippen LogP contribution in [0.4, 0.5) is 0 Å². The molecule has 7 heteroatoms. The van der Waals surface area contributed by atoms with Crippen molar-refractivity contribution in [2.45, 2.75) is 0 Å². The minimum absolute atomic E-state index is 0.130. The van der Waals surface area contributed by atoms with E-state index >= 15 is 0 Å². The molecule has 2 aromatic carbocycles. The highest BCUT2D eigenvalue weighted by Crippen LogP contribution is 2.01. The Morgan fingerprint density at radius 1 is 0.724 bits per heavy atom. The van der Waals surface area contributed by atoms with E-state index in [2.05, 4.69) is 21.1 Å². The molecule has 0 fully saturated rings. The summed E-state index contributed by atoms with van der Waals surface area (Å²) in [5.74, 6) is -0.293. The third kappa shape index (κ3) is 10.5. The number of allylic oxidation sites excluding steroid dienone is 2. The number of rotatable bonds is 10. The first-order valence-corrected chi connectivity index (χ1v) is 10.0. The van der Waals surface area contributed by atoms with E-state index in [0.717, 1.165) is 11.1 Å². The van der Waals surface area contributed by atoms with E-state index in [9.17, 15) is 9.59 Å². The summed E-state index contributed by atoms with van der Waals surface area (Å²) in [5.41, 5.74) is 6.90. The molecule has 0 aliphatic rings. The average Bonchev–Trinajstić information content (AvgIpc) is 2.75. The van der Waals surface area contributed by atoms with Crippen LogP contribution in [0.25, 0.3) is 12.2 Å². The second kappa shape index (κ2) is 13.7. The van der Waals surface area contributed by atoms with E-state index in [0.29, 0.717) is 0 Å². The highest BCUT2D eigenvalue weighted by molar-refractivity contribution is 8.00. The summed E-state index contributed by atoms with van der Waals surface area (Å²) >= 11 is 1.18. The largest absolute Gasteiger partial charge is 0.272 e. The number of carbonyl (C=O) groups is 2. The lowest BCUT2D eigenvalue weighted by molar-refractivity contribution is -0.118. The molecule has 29 heavy (non-hydrogen) atoms. The Kier molecular flexibility index (Phi) is 10.3. The summed E-state index contributed by atoms with van der Waals surface area (Å²) in [6, 6.07) is 19.5. The second-order valence-electron chi connectivity index (χ2n) is 5.66. The Morgan fingerprint density at radius 2 is 1.14 bits per heavy atom. The van der Waals surface area contributed by atoms with Crippen LogP contribution in [0.1, 0.15) is 11.1 Å². The highest BCUT2D eigenvalue weighted by Gasteiger charge is 2.03. The summed E-state index contributed by atoms with van der Waals surface area (Å²) in [7, 11) is 0. The van der Waals surface area contributed by atoms with Gasteiger partial charge in [-0.15, -0.1) is 11.8 Å². The van der Waals surface area contributed by atoms with Crippen molar-refractivity contribution in [1.82, 2.24) is 10.9 Å². The number of carbonyl (C=O) groups excluding carboxylic acids is 2. The van der Waals surface area contributed by atoms with Crippen LogP contribution in [0.2, 0.25) is 0 Å². The van der Waals surface area contributed by atoms with E-state index in [1.54, 1.807) is 12.2 Å². The van der Waals surface area contributed by atoms with Crippen LogP contribution in [-0.2, 0) is 9.59 Å². The van der Waals surface area contributed by atoms with Crippen LogP contribution < -0.4 is 10.9 Å². The molecule has 2 N–H and O–H groups in total. The Hall–Kier alpha value is -3.45. The van der Waals surface area contributed by atoms with Gasteiger partial charge in [0.05, 0.1) is 11.5 Å². The number of benzene rings is 2. The first-order chi connectivity index (χ1) is 14.2. The molecule has 2 rings (SSSR count). The van der Waals surface area contributed by atoms with Gasteiger partial charge in [-0.3, -0.25) is 9.59 Å². The monoisotopic (exact) mass is 406 g/mol. The molecular weight excluding hydrogens is 384 g/mol. The SMILES string of the molecule is O=C(CSCC(=O)NN=CC=Cc1ccccc1)NN=CC=Cc1ccccc1. The normalized spacial score (nSPS) is 11.6. The summed E-state index contributed by atoms with van der Waals surface area (Å²) in [4.78, 5) is 23.3. The topological polar surface area (TPSA) is 82.9 Å². The van der Waals surface area contributed by atoms with Crippen LogP contribution >= 0.6 is 11.8 Å². The number of nitrogens with zero attached hydrogens (tertiary/aromatic N) is 2. The predicted molar refractivity (Wildman–Crippen MR) is 122 cm³/mol. The summed E-state index contributed by atoms with van der Waals surface area (Å²) < 4.78 is 0. The van der Waals surface area contributed by atoms with Gasteiger partial charge in [0.2, 0.25) is 11.8 Å². The van der Waals surface area contributed by atoms with E-state index in [1.807, 2.05) is 72.8 Å². The van der Waals surface area contributed by atoms with E-state index in [4.69, 9.17) is 0 Å². The van der Waals surface area contributed by atoms with Gasteiger partial charge in [0.15, 0.2) is 0 Å². The van der Waals surface area contributed by atoms with Crippen molar-refractivity contribution >= 4 is 48.2 Å². The molecular formula is C22H22N4O2S. The first-order valence-electron chi connectivity index (χ1n) is 8.89. The number of amides is 2. The first kappa shape index (κ1) is 21.8. The minimum Gasteiger partial charge on any atom is -0.272 e. The zero-order chi connectivity index (χ0) is 20.6. The molecule has 148 valence electrons. The number of hydrogen-bond acceptors (Lipinski definition) is 5. The van der Waals surface area contributed by atoms with Gasteiger partial charge >= 0.3 is 0 Å². The van der Waals surface area contributed by atoms with Crippen LogP contribution in [0.5, 0.6) is 0 Å². The molecule has 0 unspecified atom stereocenters. The van der Waals surface area contributed by atoms with Crippen molar-refractivity contribution in [1.29, 1.82) is 0 Å². The molecule has 0 heterocycles. The molecule has 0 atom stereocenters. The van der Waals surface area contributed by atoms with Crippen LogP contribution in [0.15, 0.2) is 83.0 Å². The third-order valence-corrected chi connectivity index (χ3v) is 4.28. The second-order valence-corrected chi connectivity index (χ2v) is 6.64. The molecule has 2 amide bonds. The molecule has 0 spiro atoms. The van der Waals surface area contributed by atoms with Crippen molar-refractivity contribution in [2.75, 3.05) is 11.5 Å². The number of hydrazone groups is 2. The Labute approximate surface area is 174 Å². The predicted octanol–water partition coefficient (Wildman–Crippen LogP) is 3.35. The summed E-state index contributed by atoms with van der Waals surface area (Å²) in [6.07, 6.45) is 10.2. The maximum Gasteiger partial charge on any atom is 0.250 e. The smallest absolute Gasteiger partial charge is 0.250 e. The highest BCUT2D eigenvalue weighted by atomic mass is 32.2. The average molecular weight is 407 g/mol. The van der Waals surface area contributed by atoms with Gasteiger partial charge in [-0.1, -0.05) is 72.8 Å². The third-order valence-electron chi connectivity index (χ3n) is 3.34. The van der Waals surface area contributed by atoms with Gasteiger partial charge in [-0.25, -0.2) is 10.9 Å². The zero-order valence-electron chi connectivity index (χ0n) is 15.8. The van der Waals surface area contributed by atoms with Crippen LogP contribution in [0, 0.1) is 0 Å². The van der Waals surface area contributed by atoms with E-state index in [-0.39, 0.29) is 23.3 Å². The number of thioether (sulfide) groups is 1. The van der Waals surface area contributed by atoms with Gasteiger partial charge in [-0.2, -0.15) is 10.2 Å². The van der Waals surface area contributed by atoms with E-state index < -0.39 is 0 Å². The van der Waals surface area contributed by atoms with E-state index in [1.165, 1.54) is 24.2 Å². The van der Waals surface area contributed by atoms with Gasteiger partial charge in [0.1, 0.15) is 0 Å². The molecule has 6 nitrogen and oxygen atoms in total. The maximum absolute atomic E-state index is 11.7. The lowest BCUT2D eigenvalue weighted by atomic mass is 10.2. The Balaban J connectivity index is 1.55. The van der Waals surface area contributed by atoms with Crippen molar-refractivity contribution in [2.24, 2.45) is 10.2 Å². The zero-order valence-corrected chi connectivity index (χ0v) is 16.6. The quantitative estimate of drug-likeness (QED) is 0.469. The Bertz CT molecular complexity index is 805. The van der Waals surface area contributed by atoms with Crippen LogP contribution in [0.3, 0.4) is 0 Å². The lowest BCUT2D eigenvalue weighted by Crippen LogP contribution is -2.23. The minimum atomic E-state index is -0.276. The maximum atomic E-state index is 11.7. The molecule has 0 radical (unpaired) electrons. The summed E-state index contributed by atoms with van der Waals surface area (Å²) in [5, 5.41) is 7.65. The fourth-order valence-electron chi connectivity index (χ4n) is 2.04. The molecule has 0 aromatic heterocycles. The Morgan fingerprint density at radius 3 is 1.55 bits per heavy atom. The van der Waals surface area contributed by atoms with Crippen molar-refractivity contribution in [3.8, 4) is 0 Å². The van der Waals surface area contributed by atoms with Crippen LogP contribution in [-0.4, -0.2) is 35.7 Å². The lowest BCUT2D eigenvalue weighted by Gasteiger charge is -1.99. The molecule has 0 saturated carbocycles. The number of nitrogens with one attached hydrogen (secondary N) is 2. The van der Waals surface area contributed by atoms with Gasteiger partial charge in [-0.05, 0) is 23.3 Å². The number of hydrogen-bond donors (Lipinski definition) is 2. The van der Waals surface area contributed by atoms with Gasteiger partial charge in [0.25, 0.3) is 0 Å². The molecule has 0 aliphatic heterocycles. The molecule has 0 aliphatic carbocycles.